The van der Waals surface area contributed by atoms with Crippen molar-refractivity contribution in [3.63, 3.8) is 0 Å². The second-order valence-corrected chi connectivity index (χ2v) is 6.93. The van der Waals surface area contributed by atoms with Gasteiger partial charge in [0.1, 0.15) is 0 Å². The summed E-state index contributed by atoms with van der Waals surface area (Å²) in [5, 5.41) is -0.165. The molecule has 0 aliphatic heterocycles. The fourth-order valence-electron chi connectivity index (χ4n) is 1.88. The number of benzene rings is 1. The Morgan fingerprint density at radius 2 is 1.85 bits per heavy atom. The van der Waals surface area contributed by atoms with E-state index < -0.39 is 10.0 Å². The number of hydrogen-bond acceptors (Lipinski definition) is 4. The third kappa shape index (κ3) is 2.94. The highest BCUT2D eigenvalue weighted by Crippen LogP contribution is 2.27. The minimum Gasteiger partial charge on any atom is -0.396 e. The summed E-state index contributed by atoms with van der Waals surface area (Å²) in [7, 11) is -3.80. The molecule has 0 saturated carbocycles. The first-order valence-corrected chi connectivity index (χ1v) is 8.09. The van der Waals surface area contributed by atoms with E-state index in [1.807, 2.05) is 26.0 Å². The summed E-state index contributed by atoms with van der Waals surface area (Å²) in [6, 6.07) is 6.77. The summed E-state index contributed by atoms with van der Waals surface area (Å²) in [5.41, 5.74) is 7.96. The average molecular weight is 356 g/mol. The van der Waals surface area contributed by atoms with Gasteiger partial charge in [-0.15, -0.1) is 0 Å². The van der Waals surface area contributed by atoms with Crippen LogP contribution in [0.1, 0.15) is 11.1 Å². The van der Waals surface area contributed by atoms with Crippen LogP contribution in [-0.4, -0.2) is 13.4 Å². The quantitative estimate of drug-likeness (QED) is 0.886. The zero-order valence-corrected chi connectivity index (χ0v) is 13.4. The topological polar surface area (TPSA) is 85.1 Å². The van der Waals surface area contributed by atoms with Gasteiger partial charge in [-0.3, -0.25) is 4.72 Å². The number of aromatic nitrogens is 1. The fourth-order valence-corrected chi connectivity index (χ4v) is 3.83. The van der Waals surface area contributed by atoms with Crippen molar-refractivity contribution in [3.8, 4) is 0 Å². The molecule has 0 spiro atoms. The summed E-state index contributed by atoms with van der Waals surface area (Å²) in [6.45, 7) is 3.66. The van der Waals surface area contributed by atoms with E-state index >= 15 is 0 Å². The molecule has 2 rings (SSSR count). The maximum absolute atomic E-state index is 12.3. The molecule has 3 N–H and O–H groups in total. The van der Waals surface area contributed by atoms with E-state index in [9.17, 15) is 8.42 Å². The maximum atomic E-state index is 12.3. The summed E-state index contributed by atoms with van der Waals surface area (Å²) < 4.78 is 28.1. The Morgan fingerprint density at radius 3 is 2.40 bits per heavy atom. The normalized spacial score (nSPS) is 11.3. The van der Waals surface area contributed by atoms with Crippen molar-refractivity contribution in [3.05, 3.63) is 46.1 Å². The molecule has 1 aromatic carbocycles. The van der Waals surface area contributed by atoms with Crippen LogP contribution in [0.3, 0.4) is 0 Å². The lowest BCUT2D eigenvalue weighted by molar-refractivity contribution is 0.598. The first-order chi connectivity index (χ1) is 9.31. The van der Waals surface area contributed by atoms with Gasteiger partial charge in [0.2, 0.25) is 0 Å². The molecule has 0 radical (unpaired) electrons. The van der Waals surface area contributed by atoms with Crippen molar-refractivity contribution >= 4 is 37.3 Å². The van der Waals surface area contributed by atoms with Crippen LogP contribution in [0.25, 0.3) is 0 Å². The van der Waals surface area contributed by atoms with Gasteiger partial charge in [0.15, 0.2) is 5.03 Å². The molecule has 0 unspecified atom stereocenters. The molecule has 1 heterocycles. The Balaban J connectivity index is 2.47. The van der Waals surface area contributed by atoms with Gasteiger partial charge in [0.05, 0.1) is 11.4 Å². The van der Waals surface area contributed by atoms with Gasteiger partial charge in [0, 0.05) is 10.7 Å². The molecule has 2 aromatic rings. The van der Waals surface area contributed by atoms with Crippen molar-refractivity contribution in [2.75, 3.05) is 10.5 Å². The summed E-state index contributed by atoms with van der Waals surface area (Å²) in [4.78, 5) is 3.84. The lowest BCUT2D eigenvalue weighted by atomic mass is 10.1. The summed E-state index contributed by atoms with van der Waals surface area (Å²) in [5.74, 6) is 0. The number of nitrogens with zero attached hydrogens (tertiary/aromatic N) is 1. The minimum absolute atomic E-state index is 0.118. The monoisotopic (exact) mass is 355 g/mol. The highest BCUT2D eigenvalue weighted by molar-refractivity contribution is 9.10. The second kappa shape index (κ2) is 5.41. The number of halogens is 1. The van der Waals surface area contributed by atoms with Crippen LogP contribution in [0, 0.1) is 13.8 Å². The first kappa shape index (κ1) is 14.8. The van der Waals surface area contributed by atoms with Crippen LogP contribution in [0.2, 0.25) is 0 Å². The van der Waals surface area contributed by atoms with Crippen molar-refractivity contribution in [2.24, 2.45) is 0 Å². The Kier molecular flexibility index (Phi) is 4.01. The molecule has 7 heteroatoms. The van der Waals surface area contributed by atoms with Gasteiger partial charge in [0.25, 0.3) is 10.0 Å². The van der Waals surface area contributed by atoms with Gasteiger partial charge in [-0.2, -0.15) is 8.42 Å². The number of nitrogens with two attached hydrogens (primary N) is 1. The van der Waals surface area contributed by atoms with E-state index in [0.717, 1.165) is 15.6 Å². The number of anilines is 2. The van der Waals surface area contributed by atoms with Crippen molar-refractivity contribution < 1.29 is 8.42 Å². The molecule has 0 bridgehead atoms. The predicted molar refractivity (Wildman–Crippen MR) is 83.1 cm³/mol. The van der Waals surface area contributed by atoms with E-state index in [-0.39, 0.29) is 10.7 Å². The van der Waals surface area contributed by atoms with Crippen LogP contribution in [-0.2, 0) is 10.0 Å². The molecule has 106 valence electrons. The molecular weight excluding hydrogens is 342 g/mol. The summed E-state index contributed by atoms with van der Waals surface area (Å²) in [6.07, 6.45) is 1.40. The zero-order chi connectivity index (χ0) is 14.9. The van der Waals surface area contributed by atoms with Crippen LogP contribution in [0.15, 0.2) is 40.0 Å². The van der Waals surface area contributed by atoms with Crippen molar-refractivity contribution in [1.82, 2.24) is 4.98 Å². The number of sulfonamides is 1. The number of hydrogen-bond donors (Lipinski definition) is 2. The van der Waals surface area contributed by atoms with E-state index in [4.69, 9.17) is 5.73 Å². The van der Waals surface area contributed by atoms with Gasteiger partial charge < -0.3 is 5.73 Å². The molecular formula is C13H14BrN3O2S. The molecule has 0 atom stereocenters. The Morgan fingerprint density at radius 1 is 1.25 bits per heavy atom. The lowest BCUT2D eigenvalue weighted by Gasteiger charge is -2.14. The lowest BCUT2D eigenvalue weighted by Crippen LogP contribution is -2.17. The number of nitrogens with one attached hydrogen (secondary N) is 1. The standard InChI is InChI=1S/C13H14BrN3O2S/c1-8-6-10(14)7-9(2)12(8)17-20(18,19)13-11(15)4-3-5-16-13/h3-7,17H,15H2,1-2H3. The average Bonchev–Trinajstić information content (AvgIpc) is 2.34. The molecule has 0 saturated heterocycles. The van der Waals surface area contributed by atoms with E-state index in [1.165, 1.54) is 12.3 Å². The van der Waals surface area contributed by atoms with Gasteiger partial charge in [-0.25, -0.2) is 4.98 Å². The zero-order valence-electron chi connectivity index (χ0n) is 11.0. The Bertz CT molecular complexity index is 737. The number of pyridine rings is 1. The number of rotatable bonds is 3. The SMILES string of the molecule is Cc1cc(Br)cc(C)c1NS(=O)(=O)c1ncccc1N. The third-order valence-corrected chi connectivity index (χ3v) is 4.57. The van der Waals surface area contributed by atoms with Crippen molar-refractivity contribution in [2.45, 2.75) is 18.9 Å². The van der Waals surface area contributed by atoms with Crippen LogP contribution >= 0.6 is 15.9 Å². The molecule has 5 nitrogen and oxygen atoms in total. The summed E-state index contributed by atoms with van der Waals surface area (Å²) >= 11 is 3.37. The van der Waals surface area contributed by atoms with Crippen molar-refractivity contribution in [1.29, 1.82) is 0 Å². The van der Waals surface area contributed by atoms with E-state index in [0.29, 0.717) is 5.69 Å². The van der Waals surface area contributed by atoms with E-state index in [1.54, 1.807) is 6.07 Å². The van der Waals surface area contributed by atoms with Gasteiger partial charge in [-0.05, 0) is 49.2 Å². The molecule has 0 amide bonds. The van der Waals surface area contributed by atoms with E-state index in [2.05, 4.69) is 25.6 Å². The maximum Gasteiger partial charge on any atom is 0.281 e. The Labute approximate surface area is 126 Å². The predicted octanol–water partition coefficient (Wildman–Crippen LogP) is 2.84. The van der Waals surface area contributed by atoms with Gasteiger partial charge >= 0.3 is 0 Å². The molecule has 0 aliphatic carbocycles. The van der Waals surface area contributed by atoms with Crippen LogP contribution in [0.5, 0.6) is 0 Å². The van der Waals surface area contributed by atoms with Gasteiger partial charge in [-0.1, -0.05) is 15.9 Å². The smallest absolute Gasteiger partial charge is 0.281 e. The number of nitrogen functional groups attached to an aromatic ring is 1. The van der Waals surface area contributed by atoms with Crippen LogP contribution in [0.4, 0.5) is 11.4 Å². The third-order valence-electron chi connectivity index (χ3n) is 2.79. The molecule has 0 aliphatic rings. The highest BCUT2D eigenvalue weighted by Gasteiger charge is 2.20. The molecule has 1 aromatic heterocycles. The van der Waals surface area contributed by atoms with Crippen LogP contribution < -0.4 is 10.5 Å². The first-order valence-electron chi connectivity index (χ1n) is 5.81. The highest BCUT2D eigenvalue weighted by atomic mass is 79.9. The largest absolute Gasteiger partial charge is 0.396 e. The fraction of sp³-hybridized carbons (Fsp3) is 0.154. The number of aryl methyl sites for hydroxylation is 2. The minimum atomic E-state index is -3.80. The molecule has 0 fully saturated rings. The Hall–Kier alpha value is -1.60. The second-order valence-electron chi connectivity index (χ2n) is 4.42. The molecule has 20 heavy (non-hydrogen) atoms.